The summed E-state index contributed by atoms with van der Waals surface area (Å²) in [5.74, 6) is -0.674. The lowest BCUT2D eigenvalue weighted by Gasteiger charge is -2.03. The van der Waals surface area contributed by atoms with Gasteiger partial charge in [0.05, 0.1) is 11.9 Å². The van der Waals surface area contributed by atoms with Gasteiger partial charge in [0.2, 0.25) is 5.91 Å². The molecule has 1 N–H and O–H groups in total. The van der Waals surface area contributed by atoms with E-state index in [4.69, 9.17) is 0 Å². The fourth-order valence-corrected chi connectivity index (χ4v) is 2.17. The van der Waals surface area contributed by atoms with Gasteiger partial charge in [-0.1, -0.05) is 24.3 Å². The highest BCUT2D eigenvalue weighted by atomic mass is 19.1. The van der Waals surface area contributed by atoms with Crippen LogP contribution in [0.25, 0.3) is 11.8 Å². The average Bonchev–Trinajstić information content (AvgIpc) is 3.06. The van der Waals surface area contributed by atoms with E-state index in [1.54, 1.807) is 36.0 Å². The number of amides is 1. The van der Waals surface area contributed by atoms with Crippen LogP contribution in [0.5, 0.6) is 0 Å². The van der Waals surface area contributed by atoms with E-state index in [0.717, 1.165) is 11.3 Å². The molecule has 0 aliphatic carbocycles. The monoisotopic (exact) mass is 321 g/mol. The summed E-state index contributed by atoms with van der Waals surface area (Å²) in [6.07, 6.45) is 6.55. The van der Waals surface area contributed by atoms with Gasteiger partial charge in [0, 0.05) is 23.5 Å². The number of carbonyl (C=O) groups is 1. The third-order valence-electron chi connectivity index (χ3n) is 3.49. The first-order valence-electron chi connectivity index (χ1n) is 7.47. The molecular formula is C19H16FN3O. The third-order valence-corrected chi connectivity index (χ3v) is 3.49. The molecule has 0 saturated heterocycles. The second kappa shape index (κ2) is 6.91. The largest absolute Gasteiger partial charge is 0.322 e. The van der Waals surface area contributed by atoms with Crippen LogP contribution in [0.4, 0.5) is 10.1 Å². The van der Waals surface area contributed by atoms with Gasteiger partial charge >= 0.3 is 0 Å². The Balaban J connectivity index is 1.66. The van der Waals surface area contributed by atoms with Crippen molar-refractivity contribution in [1.29, 1.82) is 0 Å². The lowest BCUT2D eigenvalue weighted by Crippen LogP contribution is -2.08. The van der Waals surface area contributed by atoms with Crippen molar-refractivity contribution in [2.75, 3.05) is 5.32 Å². The molecule has 0 bridgehead atoms. The first kappa shape index (κ1) is 15.7. The number of hydrogen-bond donors (Lipinski definition) is 1. The van der Waals surface area contributed by atoms with Crippen LogP contribution in [0, 0.1) is 12.7 Å². The number of halogens is 1. The molecule has 0 unspecified atom stereocenters. The van der Waals surface area contributed by atoms with Crippen LogP contribution in [-0.4, -0.2) is 15.7 Å². The Kier molecular flexibility index (Phi) is 4.52. The van der Waals surface area contributed by atoms with Gasteiger partial charge in [-0.05, 0) is 42.8 Å². The van der Waals surface area contributed by atoms with Crippen molar-refractivity contribution >= 4 is 17.7 Å². The highest BCUT2D eigenvalue weighted by molar-refractivity contribution is 6.01. The van der Waals surface area contributed by atoms with E-state index < -0.39 is 0 Å². The Bertz CT molecular complexity index is 885. The summed E-state index contributed by atoms with van der Waals surface area (Å²) in [6, 6.07) is 14.3. The molecule has 0 aliphatic rings. The molecule has 1 aromatic heterocycles. The quantitative estimate of drug-likeness (QED) is 0.739. The molecule has 0 spiro atoms. The Hall–Kier alpha value is -3.21. The number of carbonyl (C=O) groups excluding carboxylic acids is 1. The molecule has 2 aromatic carbocycles. The number of rotatable bonds is 4. The van der Waals surface area contributed by atoms with Crippen LogP contribution in [0.3, 0.4) is 0 Å². The SMILES string of the molecule is Cc1ccc(NC(=O)/C=C/c2cnn(-c3ccccc3)c2)cc1F. The van der Waals surface area contributed by atoms with Crippen LogP contribution in [-0.2, 0) is 4.79 Å². The molecule has 5 heteroatoms. The summed E-state index contributed by atoms with van der Waals surface area (Å²) in [7, 11) is 0. The predicted octanol–water partition coefficient (Wildman–Crippen LogP) is 3.97. The number of hydrogen-bond acceptors (Lipinski definition) is 2. The first-order valence-corrected chi connectivity index (χ1v) is 7.47. The Morgan fingerprint density at radius 1 is 1.21 bits per heavy atom. The summed E-state index contributed by atoms with van der Waals surface area (Å²) >= 11 is 0. The summed E-state index contributed by atoms with van der Waals surface area (Å²) in [6.45, 7) is 1.67. The maximum Gasteiger partial charge on any atom is 0.248 e. The molecule has 24 heavy (non-hydrogen) atoms. The Labute approximate surface area is 139 Å². The first-order chi connectivity index (χ1) is 11.6. The van der Waals surface area contributed by atoms with Crippen molar-refractivity contribution in [2.24, 2.45) is 0 Å². The van der Waals surface area contributed by atoms with Gasteiger partial charge in [-0.25, -0.2) is 9.07 Å². The lowest BCUT2D eigenvalue weighted by atomic mass is 10.2. The molecule has 3 rings (SSSR count). The van der Waals surface area contributed by atoms with Crippen molar-refractivity contribution in [3.63, 3.8) is 0 Å². The van der Waals surface area contributed by atoms with E-state index in [1.165, 1.54) is 12.1 Å². The van der Waals surface area contributed by atoms with E-state index in [-0.39, 0.29) is 11.7 Å². The van der Waals surface area contributed by atoms with Gasteiger partial charge in [-0.2, -0.15) is 5.10 Å². The highest BCUT2D eigenvalue weighted by Crippen LogP contribution is 2.14. The fourth-order valence-electron chi connectivity index (χ4n) is 2.17. The van der Waals surface area contributed by atoms with E-state index in [2.05, 4.69) is 10.4 Å². The summed E-state index contributed by atoms with van der Waals surface area (Å²) in [5.41, 5.74) is 2.70. The summed E-state index contributed by atoms with van der Waals surface area (Å²) < 4.78 is 15.2. The van der Waals surface area contributed by atoms with E-state index >= 15 is 0 Å². The van der Waals surface area contributed by atoms with E-state index in [9.17, 15) is 9.18 Å². The van der Waals surface area contributed by atoms with Crippen molar-refractivity contribution in [3.8, 4) is 5.69 Å². The maximum absolute atomic E-state index is 13.5. The zero-order valence-corrected chi connectivity index (χ0v) is 13.1. The molecular weight excluding hydrogens is 305 g/mol. The highest BCUT2D eigenvalue weighted by Gasteiger charge is 2.03. The molecule has 1 heterocycles. The Morgan fingerprint density at radius 3 is 2.75 bits per heavy atom. The van der Waals surface area contributed by atoms with Crippen molar-refractivity contribution in [3.05, 3.63) is 83.9 Å². The second-order valence-electron chi connectivity index (χ2n) is 5.34. The van der Waals surface area contributed by atoms with Crippen molar-refractivity contribution in [2.45, 2.75) is 6.92 Å². The molecule has 1 amide bonds. The smallest absolute Gasteiger partial charge is 0.248 e. The van der Waals surface area contributed by atoms with E-state index in [0.29, 0.717) is 11.3 Å². The molecule has 120 valence electrons. The molecule has 0 saturated carbocycles. The molecule has 3 aromatic rings. The Morgan fingerprint density at radius 2 is 2.00 bits per heavy atom. The van der Waals surface area contributed by atoms with Gasteiger partial charge < -0.3 is 5.32 Å². The minimum Gasteiger partial charge on any atom is -0.322 e. The van der Waals surface area contributed by atoms with Gasteiger partial charge in [0.15, 0.2) is 0 Å². The van der Waals surface area contributed by atoms with Crippen LogP contribution in [0.2, 0.25) is 0 Å². The minimum absolute atomic E-state index is 0.328. The normalized spacial score (nSPS) is 10.9. The van der Waals surface area contributed by atoms with Gasteiger partial charge in [-0.3, -0.25) is 4.79 Å². The minimum atomic E-state index is -0.346. The number of aryl methyl sites for hydroxylation is 1. The third kappa shape index (κ3) is 3.76. The topological polar surface area (TPSA) is 46.9 Å². The average molecular weight is 321 g/mol. The second-order valence-corrected chi connectivity index (χ2v) is 5.34. The fraction of sp³-hybridized carbons (Fsp3) is 0.0526. The van der Waals surface area contributed by atoms with Gasteiger partial charge in [0.25, 0.3) is 0 Å². The van der Waals surface area contributed by atoms with Crippen LogP contribution >= 0.6 is 0 Å². The maximum atomic E-state index is 13.5. The molecule has 0 atom stereocenters. The molecule has 0 radical (unpaired) electrons. The summed E-state index contributed by atoms with van der Waals surface area (Å²) in [5, 5.41) is 6.88. The zero-order chi connectivity index (χ0) is 16.9. The summed E-state index contributed by atoms with van der Waals surface area (Å²) in [4.78, 5) is 11.9. The van der Waals surface area contributed by atoms with E-state index in [1.807, 2.05) is 36.5 Å². The number of nitrogens with zero attached hydrogens (tertiary/aromatic N) is 2. The predicted molar refractivity (Wildman–Crippen MR) is 92.4 cm³/mol. The number of aromatic nitrogens is 2. The molecule has 0 aliphatic heterocycles. The van der Waals surface area contributed by atoms with Crippen LogP contribution < -0.4 is 5.32 Å². The number of benzene rings is 2. The van der Waals surface area contributed by atoms with Crippen molar-refractivity contribution < 1.29 is 9.18 Å². The van der Waals surface area contributed by atoms with Gasteiger partial charge in [0.1, 0.15) is 5.82 Å². The number of anilines is 1. The lowest BCUT2D eigenvalue weighted by molar-refractivity contribution is -0.111. The standard InChI is InChI=1S/C19H16FN3O/c1-14-7-9-16(11-18(14)20)22-19(24)10-8-15-12-21-23(13-15)17-5-3-2-4-6-17/h2-13H,1H3,(H,22,24)/b10-8+. The van der Waals surface area contributed by atoms with Crippen LogP contribution in [0.15, 0.2) is 67.0 Å². The van der Waals surface area contributed by atoms with Crippen LogP contribution in [0.1, 0.15) is 11.1 Å². The van der Waals surface area contributed by atoms with Crippen molar-refractivity contribution in [1.82, 2.24) is 9.78 Å². The molecule has 0 fully saturated rings. The molecule has 4 nitrogen and oxygen atoms in total. The number of para-hydroxylation sites is 1. The van der Waals surface area contributed by atoms with Gasteiger partial charge in [-0.15, -0.1) is 0 Å². The zero-order valence-electron chi connectivity index (χ0n) is 13.1. The number of nitrogens with one attached hydrogen (secondary N) is 1.